The van der Waals surface area contributed by atoms with Crippen LogP contribution in [0, 0.1) is 42.2 Å². The molecule has 1 unspecified atom stereocenters. The third-order valence-electron chi connectivity index (χ3n) is 8.31. The molecule has 162 valence electrons. The Morgan fingerprint density at radius 3 is 2.17 bits per heavy atom. The Labute approximate surface area is 180 Å². The summed E-state index contributed by atoms with van der Waals surface area (Å²) >= 11 is 1.75. The summed E-state index contributed by atoms with van der Waals surface area (Å²) in [5, 5.41) is 0.455. The zero-order chi connectivity index (χ0) is 20.4. The van der Waals surface area contributed by atoms with Gasteiger partial charge in [0.25, 0.3) is 0 Å². The Kier molecular flexibility index (Phi) is 7.25. The monoisotopic (exact) mass is 420 g/mol. The molecule has 0 bridgehead atoms. The molecule has 4 rings (SSSR count). The smallest absolute Gasteiger partial charge is 0.133 e. The lowest BCUT2D eigenvalue weighted by Crippen LogP contribution is -2.29. The van der Waals surface area contributed by atoms with Crippen molar-refractivity contribution < 1.29 is 8.78 Å². The number of thioether (sulfide) groups is 1. The fourth-order valence-corrected chi connectivity index (χ4v) is 7.86. The third-order valence-corrected chi connectivity index (χ3v) is 9.78. The summed E-state index contributed by atoms with van der Waals surface area (Å²) in [6, 6.07) is 1.57. The molecular weight excluding hydrogens is 382 g/mol. The van der Waals surface area contributed by atoms with Gasteiger partial charge >= 0.3 is 0 Å². The summed E-state index contributed by atoms with van der Waals surface area (Å²) in [7, 11) is 0. The van der Waals surface area contributed by atoms with Crippen LogP contribution in [0.25, 0.3) is 0 Å². The average Bonchev–Trinajstić information content (AvgIpc) is 3.17. The van der Waals surface area contributed by atoms with Gasteiger partial charge in [0.15, 0.2) is 0 Å². The van der Waals surface area contributed by atoms with Gasteiger partial charge in [-0.15, -0.1) is 11.8 Å². The minimum absolute atomic E-state index is 0.194. The van der Waals surface area contributed by atoms with Crippen LogP contribution in [0.5, 0.6) is 0 Å². The van der Waals surface area contributed by atoms with Crippen molar-refractivity contribution in [3.05, 3.63) is 28.8 Å². The first-order valence-corrected chi connectivity index (χ1v) is 13.1. The first-order chi connectivity index (χ1) is 14.1. The number of halogens is 2. The van der Waals surface area contributed by atoms with E-state index in [0.29, 0.717) is 11.2 Å². The molecule has 2 fully saturated rings. The van der Waals surface area contributed by atoms with Crippen molar-refractivity contribution in [1.29, 1.82) is 0 Å². The van der Waals surface area contributed by atoms with Crippen LogP contribution in [0.15, 0.2) is 11.0 Å². The van der Waals surface area contributed by atoms with Gasteiger partial charge in [-0.05, 0) is 81.6 Å². The largest absolute Gasteiger partial charge is 0.207 e. The van der Waals surface area contributed by atoms with E-state index in [4.69, 9.17) is 0 Å². The number of unbranched alkanes of at least 4 members (excludes halogenated alkanes) is 2. The molecule has 0 N–H and O–H groups in total. The molecule has 1 atom stereocenters. The fraction of sp³-hybridized carbons (Fsp3) is 0.769. The first-order valence-electron chi connectivity index (χ1n) is 12.2. The van der Waals surface area contributed by atoms with E-state index < -0.39 is 0 Å². The van der Waals surface area contributed by atoms with Crippen molar-refractivity contribution in [1.82, 2.24) is 0 Å². The van der Waals surface area contributed by atoms with Gasteiger partial charge in [-0.1, -0.05) is 45.4 Å². The number of hydrogen-bond acceptors (Lipinski definition) is 1. The maximum absolute atomic E-state index is 14.5. The van der Waals surface area contributed by atoms with E-state index in [1.807, 2.05) is 0 Å². The Morgan fingerprint density at radius 1 is 0.897 bits per heavy atom. The predicted octanol–water partition coefficient (Wildman–Crippen LogP) is 8.48. The van der Waals surface area contributed by atoms with Gasteiger partial charge in [-0.25, -0.2) is 8.78 Å². The number of fused-ring (bicyclic) bond motifs is 1. The predicted molar refractivity (Wildman–Crippen MR) is 119 cm³/mol. The lowest BCUT2D eigenvalue weighted by Gasteiger charge is -2.39. The Balaban J connectivity index is 1.24. The van der Waals surface area contributed by atoms with Crippen molar-refractivity contribution in [2.24, 2.45) is 23.7 Å². The third kappa shape index (κ3) is 4.86. The van der Waals surface area contributed by atoms with E-state index in [2.05, 4.69) is 6.92 Å². The molecule has 1 heterocycles. The van der Waals surface area contributed by atoms with Crippen LogP contribution < -0.4 is 0 Å². The molecular formula is C26H38F2S. The van der Waals surface area contributed by atoms with Crippen molar-refractivity contribution >= 4 is 11.8 Å². The highest BCUT2D eigenvalue weighted by Gasteiger charge is 2.37. The van der Waals surface area contributed by atoms with E-state index in [0.717, 1.165) is 34.6 Å². The summed E-state index contributed by atoms with van der Waals surface area (Å²) in [4.78, 5) is 0.860. The summed E-state index contributed by atoms with van der Waals surface area (Å²) in [6.45, 7) is 3.86. The van der Waals surface area contributed by atoms with Gasteiger partial charge in [-0.3, -0.25) is 0 Å². The number of benzene rings is 1. The highest BCUT2D eigenvalue weighted by Crippen LogP contribution is 2.49. The molecule has 0 saturated heterocycles. The summed E-state index contributed by atoms with van der Waals surface area (Å²) in [5.74, 6) is 2.88. The molecule has 0 aromatic heterocycles. The van der Waals surface area contributed by atoms with Gasteiger partial charge in [0.2, 0.25) is 0 Å². The van der Waals surface area contributed by atoms with Gasteiger partial charge in [0, 0.05) is 21.3 Å². The minimum Gasteiger partial charge on any atom is -0.207 e. The van der Waals surface area contributed by atoms with Crippen LogP contribution in [-0.2, 0) is 6.42 Å². The lowest BCUT2D eigenvalue weighted by molar-refractivity contribution is 0.142. The standard InChI is InChI=1S/C26H38F2S/c1-3-4-5-6-18-7-9-19(10-8-18)20-11-13-21(14-12-20)24-15-22-25(29-24)16-23(27)17(2)26(22)28/h16,18-21,24H,3-15H2,1-2H3. The molecule has 29 heavy (non-hydrogen) atoms. The normalized spacial score (nSPS) is 32.3. The zero-order valence-electron chi connectivity index (χ0n) is 18.3. The Morgan fingerprint density at radius 2 is 1.52 bits per heavy atom. The molecule has 2 aliphatic carbocycles. The van der Waals surface area contributed by atoms with Gasteiger partial charge < -0.3 is 0 Å². The fourth-order valence-electron chi connectivity index (χ4n) is 6.33. The summed E-state index contributed by atoms with van der Waals surface area (Å²) in [6.07, 6.45) is 17.6. The van der Waals surface area contributed by atoms with Gasteiger partial charge in [0.1, 0.15) is 11.6 Å². The van der Waals surface area contributed by atoms with E-state index in [9.17, 15) is 8.78 Å². The number of rotatable bonds is 6. The molecule has 2 saturated carbocycles. The molecule has 1 aliphatic heterocycles. The van der Waals surface area contributed by atoms with Crippen molar-refractivity contribution in [2.75, 3.05) is 0 Å². The van der Waals surface area contributed by atoms with Crippen LogP contribution in [-0.4, -0.2) is 5.25 Å². The molecule has 3 aliphatic rings. The maximum Gasteiger partial charge on any atom is 0.133 e. The topological polar surface area (TPSA) is 0 Å². The SMILES string of the molecule is CCCCCC1CCC(C2CCC(C3Cc4c(cc(F)c(C)c4F)S3)CC2)CC1. The van der Waals surface area contributed by atoms with Crippen LogP contribution >= 0.6 is 11.8 Å². The van der Waals surface area contributed by atoms with Crippen LogP contribution in [0.2, 0.25) is 0 Å². The second-order valence-corrected chi connectivity index (χ2v) is 11.4. The molecule has 0 amide bonds. The second-order valence-electron chi connectivity index (χ2n) is 10.1. The van der Waals surface area contributed by atoms with Crippen molar-refractivity contribution in [3.8, 4) is 0 Å². The van der Waals surface area contributed by atoms with Gasteiger partial charge in [-0.2, -0.15) is 0 Å². The van der Waals surface area contributed by atoms with E-state index in [1.54, 1.807) is 24.8 Å². The van der Waals surface area contributed by atoms with E-state index in [-0.39, 0.29) is 17.2 Å². The Hall–Kier alpha value is -0.570. The summed E-state index contributed by atoms with van der Waals surface area (Å²) in [5.41, 5.74) is 0.974. The quantitative estimate of drug-likeness (QED) is 0.416. The second kappa shape index (κ2) is 9.71. The van der Waals surface area contributed by atoms with Gasteiger partial charge in [0.05, 0.1) is 0 Å². The molecule has 3 heteroatoms. The van der Waals surface area contributed by atoms with E-state index in [1.165, 1.54) is 77.0 Å². The number of hydrogen-bond donors (Lipinski definition) is 0. The minimum atomic E-state index is -0.386. The van der Waals surface area contributed by atoms with Crippen LogP contribution in [0.1, 0.15) is 95.1 Å². The lowest BCUT2D eigenvalue weighted by atomic mass is 9.68. The summed E-state index contributed by atoms with van der Waals surface area (Å²) < 4.78 is 28.4. The average molecular weight is 421 g/mol. The Bertz CT molecular complexity index is 684. The van der Waals surface area contributed by atoms with Crippen LogP contribution in [0.4, 0.5) is 8.78 Å². The molecule has 0 nitrogen and oxygen atoms in total. The maximum atomic E-state index is 14.5. The van der Waals surface area contributed by atoms with Crippen LogP contribution in [0.3, 0.4) is 0 Å². The first kappa shape index (κ1) is 21.7. The molecule has 0 spiro atoms. The van der Waals surface area contributed by atoms with Crippen molar-refractivity contribution in [2.45, 2.75) is 107 Å². The molecule has 0 radical (unpaired) electrons. The van der Waals surface area contributed by atoms with Crippen molar-refractivity contribution in [3.63, 3.8) is 0 Å². The molecule has 1 aromatic rings. The molecule has 1 aromatic carbocycles. The van der Waals surface area contributed by atoms with E-state index >= 15 is 0 Å². The highest BCUT2D eigenvalue weighted by atomic mass is 32.2. The zero-order valence-corrected chi connectivity index (χ0v) is 19.1. The highest BCUT2D eigenvalue weighted by molar-refractivity contribution is 8.00.